The van der Waals surface area contributed by atoms with Gasteiger partial charge in [-0.25, -0.2) is 4.79 Å². The summed E-state index contributed by atoms with van der Waals surface area (Å²) >= 11 is 0. The van der Waals surface area contributed by atoms with E-state index in [0.717, 1.165) is 0 Å². The highest BCUT2D eigenvalue weighted by Gasteiger charge is 2.83. The molecule has 2 saturated heterocycles. The molecule has 53 heavy (non-hydrogen) atoms. The lowest BCUT2D eigenvalue weighted by atomic mass is 9.41. The van der Waals surface area contributed by atoms with Crippen molar-refractivity contribution in [3.05, 3.63) is 11.8 Å². The third kappa shape index (κ3) is 4.85. The maximum atomic E-state index is 15.2. The van der Waals surface area contributed by atoms with Crippen molar-refractivity contribution in [3.8, 4) is 0 Å². The van der Waals surface area contributed by atoms with Gasteiger partial charge in [-0.2, -0.15) is 0 Å². The number of carbonyl (C=O) groups excluding carboxylic acids is 6. The Morgan fingerprint density at radius 1 is 0.830 bits per heavy atom. The van der Waals surface area contributed by atoms with Crippen molar-refractivity contribution >= 4 is 35.6 Å². The molecule has 0 amide bonds. The van der Waals surface area contributed by atoms with E-state index in [1.54, 1.807) is 40.7 Å². The molecule has 2 N–H and O–H groups in total. The maximum Gasteiger partial charge on any atom is 0.343 e. The van der Waals surface area contributed by atoms with Crippen LogP contribution in [0.3, 0.4) is 0 Å². The van der Waals surface area contributed by atoms with E-state index in [9.17, 15) is 34.2 Å². The predicted molar refractivity (Wildman–Crippen MR) is 180 cm³/mol. The van der Waals surface area contributed by atoms with E-state index in [-0.39, 0.29) is 12.2 Å². The van der Waals surface area contributed by atoms with Crippen molar-refractivity contribution in [2.45, 2.75) is 131 Å². The molecule has 0 aromatic carbocycles. The van der Waals surface area contributed by atoms with Crippen molar-refractivity contribution in [1.82, 2.24) is 0 Å². The zero-order valence-corrected chi connectivity index (χ0v) is 32.2. The Balaban J connectivity index is 1.53. The first-order chi connectivity index (χ1) is 24.4. The van der Waals surface area contributed by atoms with E-state index in [1.807, 2.05) is 13.8 Å². The highest BCUT2D eigenvalue weighted by atomic mass is 16.6. The van der Waals surface area contributed by atoms with Crippen molar-refractivity contribution in [3.63, 3.8) is 0 Å². The van der Waals surface area contributed by atoms with Crippen LogP contribution in [0.2, 0.25) is 0 Å². The summed E-state index contributed by atoms with van der Waals surface area (Å²) in [5.74, 6) is -10.0. The molecule has 7 rings (SSSR count). The molecule has 6 fully saturated rings. The summed E-state index contributed by atoms with van der Waals surface area (Å²) in [6.07, 6.45) is -5.55. The van der Waals surface area contributed by atoms with Crippen LogP contribution in [0.15, 0.2) is 11.8 Å². The van der Waals surface area contributed by atoms with E-state index in [4.69, 9.17) is 28.4 Å². The normalized spacial score (nSPS) is 50.4. The molecule has 0 radical (unpaired) electrons. The van der Waals surface area contributed by atoms with Crippen LogP contribution in [0.5, 0.6) is 0 Å². The number of hydrogen-bond acceptors (Lipinski definition) is 14. The Morgan fingerprint density at radius 2 is 1.42 bits per heavy atom. The second-order valence-electron chi connectivity index (χ2n) is 18.5. The van der Waals surface area contributed by atoms with Crippen LogP contribution >= 0.6 is 0 Å². The average Bonchev–Trinajstić information content (AvgIpc) is 3.72. The van der Waals surface area contributed by atoms with Gasteiger partial charge in [-0.3, -0.25) is 24.0 Å². The van der Waals surface area contributed by atoms with Gasteiger partial charge in [0.2, 0.25) is 0 Å². The standard InChI is InChI=1S/C39H52O14/c1-14-12-20-38(10,39(11,47)34(46)52-20)25-22(14)37(9)23(27(25)44)21-24(30(48-15(2)40)32(37)50-17(4)42)36(8)18(13-19-28(51-19)31(36)49-16(3)41)26(43)29(21)53-33(45)35(5,6)7/h12,14,18-19,21-25,27-32,44,47H,13H2,1-11H3/t14-,18-,19+,21+,22+,23-,24-,25+,27-,28+,29-,30+,31+,32+,36+,37-,38+,39-/m1/s1. The van der Waals surface area contributed by atoms with Crippen molar-refractivity contribution in [2.24, 2.45) is 63.1 Å². The lowest BCUT2D eigenvalue weighted by molar-refractivity contribution is -0.274. The number of ketones is 1. The lowest BCUT2D eigenvalue weighted by Crippen LogP contribution is -2.75. The Bertz CT molecular complexity index is 1710. The van der Waals surface area contributed by atoms with Crippen LogP contribution in [0.4, 0.5) is 0 Å². The zero-order valence-electron chi connectivity index (χ0n) is 32.2. The fraction of sp³-hybridized carbons (Fsp3) is 0.795. The first-order valence-corrected chi connectivity index (χ1v) is 18.6. The smallest absolute Gasteiger partial charge is 0.343 e. The molecule has 2 aliphatic heterocycles. The quantitative estimate of drug-likeness (QED) is 0.242. The maximum absolute atomic E-state index is 15.2. The minimum atomic E-state index is -2.10. The SMILES string of the molecule is CC(=O)O[C@H]1[C@H]2[C@H]([C@@H]3[C@@H](O)[C@@H]4[C@H]([C@H](C)C=C5OC(=O)[C@@](C)(O)[C@@]54C)[C@@]3(C)[C@H]1OC(C)=O)[C@@H](OC(=O)C(C)(C)C)C(=O)[C@H]1C[C@@H]3O[C@@H]3[C@H](OC(C)=O)[C@]21C. The number of rotatable bonds is 4. The summed E-state index contributed by atoms with van der Waals surface area (Å²) in [7, 11) is 0. The first-order valence-electron chi connectivity index (χ1n) is 18.6. The van der Waals surface area contributed by atoms with Gasteiger partial charge in [0.25, 0.3) is 0 Å². The average molecular weight is 745 g/mol. The summed E-state index contributed by atoms with van der Waals surface area (Å²) in [5, 5.41) is 24.9. The van der Waals surface area contributed by atoms with E-state index >= 15 is 4.79 Å². The van der Waals surface area contributed by atoms with Crippen LogP contribution in [0.25, 0.3) is 0 Å². The molecule has 0 unspecified atom stereocenters. The van der Waals surface area contributed by atoms with Gasteiger partial charge in [-0.1, -0.05) is 20.8 Å². The van der Waals surface area contributed by atoms with E-state index < -0.39 is 147 Å². The fourth-order valence-corrected chi connectivity index (χ4v) is 12.3. The highest BCUT2D eigenvalue weighted by Crippen LogP contribution is 2.75. The third-order valence-corrected chi connectivity index (χ3v) is 14.6. The first kappa shape index (κ1) is 37.9. The van der Waals surface area contributed by atoms with E-state index in [2.05, 4.69) is 0 Å². The lowest BCUT2D eigenvalue weighted by Gasteiger charge is -2.65. The number of aliphatic hydroxyl groups is 2. The largest absolute Gasteiger partial charge is 0.459 e. The number of Topliss-reactive ketones (excluding diaryl/α,β-unsaturated/α-hetero) is 1. The summed E-state index contributed by atoms with van der Waals surface area (Å²) in [6, 6.07) is 0. The minimum absolute atomic E-state index is 0.196. The second kappa shape index (κ2) is 11.6. The van der Waals surface area contributed by atoms with Crippen LogP contribution in [-0.4, -0.2) is 94.2 Å². The van der Waals surface area contributed by atoms with Crippen LogP contribution < -0.4 is 0 Å². The fourth-order valence-electron chi connectivity index (χ4n) is 12.3. The molecule has 0 aromatic heterocycles. The summed E-state index contributed by atoms with van der Waals surface area (Å²) < 4.78 is 36.5. The van der Waals surface area contributed by atoms with Gasteiger partial charge in [0, 0.05) is 61.2 Å². The van der Waals surface area contributed by atoms with Crippen molar-refractivity contribution in [1.29, 1.82) is 0 Å². The highest BCUT2D eigenvalue weighted by molar-refractivity contribution is 5.91. The van der Waals surface area contributed by atoms with E-state index in [0.29, 0.717) is 0 Å². The minimum Gasteiger partial charge on any atom is -0.459 e. The molecular formula is C39H52O14. The molecule has 2 heterocycles. The van der Waals surface area contributed by atoms with Crippen molar-refractivity contribution < 1.29 is 67.4 Å². The van der Waals surface area contributed by atoms with Gasteiger partial charge in [0.15, 0.2) is 17.5 Å². The topological polar surface area (TPSA) is 202 Å². The molecule has 4 saturated carbocycles. The number of fused-ring (bicyclic) bond motifs is 10. The Morgan fingerprint density at radius 3 is 1.98 bits per heavy atom. The number of epoxide rings is 1. The number of carbonyl (C=O) groups is 6. The molecule has 292 valence electrons. The van der Waals surface area contributed by atoms with Gasteiger partial charge >= 0.3 is 29.8 Å². The van der Waals surface area contributed by atoms with Gasteiger partial charge < -0.3 is 38.6 Å². The number of aliphatic hydroxyl groups excluding tert-OH is 1. The molecule has 0 bridgehead atoms. The molecular weight excluding hydrogens is 692 g/mol. The third-order valence-electron chi connectivity index (χ3n) is 14.6. The number of allylic oxidation sites excluding steroid dienone is 1. The van der Waals surface area contributed by atoms with Crippen LogP contribution in [0, 0.1) is 63.1 Å². The van der Waals surface area contributed by atoms with E-state index in [1.165, 1.54) is 27.7 Å². The number of hydrogen-bond donors (Lipinski definition) is 2. The zero-order chi connectivity index (χ0) is 39.3. The second-order valence-corrected chi connectivity index (χ2v) is 18.5. The molecule has 14 nitrogen and oxygen atoms in total. The Hall–Kier alpha value is -3.36. The van der Waals surface area contributed by atoms with Gasteiger partial charge in [-0.15, -0.1) is 0 Å². The predicted octanol–water partition coefficient (Wildman–Crippen LogP) is 2.44. The molecule has 18 atom stereocenters. The van der Waals surface area contributed by atoms with Gasteiger partial charge in [0.05, 0.1) is 23.0 Å². The van der Waals surface area contributed by atoms with Gasteiger partial charge in [-0.05, 0) is 59.0 Å². The molecule has 0 spiro atoms. The molecule has 7 aliphatic rings. The monoisotopic (exact) mass is 744 g/mol. The Kier molecular flexibility index (Phi) is 8.29. The summed E-state index contributed by atoms with van der Waals surface area (Å²) in [6.45, 7) is 17.1. The van der Waals surface area contributed by atoms with Crippen molar-refractivity contribution in [2.75, 3.05) is 0 Å². The summed E-state index contributed by atoms with van der Waals surface area (Å²) in [5.41, 5.74) is -7.33. The molecule has 0 aromatic rings. The summed E-state index contributed by atoms with van der Waals surface area (Å²) in [4.78, 5) is 81.5. The number of ether oxygens (including phenoxy) is 6. The van der Waals surface area contributed by atoms with Crippen LogP contribution in [0.1, 0.15) is 82.6 Å². The molecule has 14 heteroatoms. The van der Waals surface area contributed by atoms with Gasteiger partial charge in [0.1, 0.15) is 30.2 Å². The van der Waals surface area contributed by atoms with Crippen LogP contribution in [-0.2, 0) is 57.2 Å². The Labute approximate surface area is 308 Å². The molecule has 5 aliphatic carbocycles. The number of esters is 5.